The van der Waals surface area contributed by atoms with Crippen molar-refractivity contribution >= 4 is 85.8 Å². The molecule has 22 heteroatoms. The molecule has 1 aromatic heterocycles. The minimum absolute atomic E-state index is 0. The number of imide groups is 1. The number of nitrogens with zero attached hydrogens (tertiary/aromatic N) is 6. The zero-order chi connectivity index (χ0) is 54.9. The molecule has 1 aliphatic carbocycles. The van der Waals surface area contributed by atoms with Crippen LogP contribution in [0.3, 0.4) is 0 Å². The van der Waals surface area contributed by atoms with E-state index in [1.807, 2.05) is 56.1 Å². The fraction of sp³-hybridized carbons (Fsp3) is 0.426. The van der Waals surface area contributed by atoms with Gasteiger partial charge in [0.1, 0.15) is 11.6 Å². The average molecular weight is 1260 g/mol. The second kappa shape index (κ2) is 26.6. The third-order valence-electron chi connectivity index (χ3n) is 13.0. The molecule has 3 N–H and O–H groups in total. The summed E-state index contributed by atoms with van der Waals surface area (Å²) in [4.78, 5) is 103. The number of rotatable bonds is 21. The van der Waals surface area contributed by atoms with Gasteiger partial charge in [-0.3, -0.25) is 33.8 Å². The minimum Gasteiger partial charge on any atom is -0.494 e. The number of carbonyl (C=O) groups excluding carboxylic acids is 7. The number of hydroxylamine groups is 2. The molecule has 0 unspecified atom stereocenters. The zero-order valence-electron chi connectivity index (χ0n) is 44.4. The minimum atomic E-state index is -1.75. The average Bonchev–Trinajstić information content (AvgIpc) is 4.15. The van der Waals surface area contributed by atoms with Crippen molar-refractivity contribution in [3.63, 3.8) is 0 Å². The second-order valence-corrected chi connectivity index (χ2v) is 22.3. The molecular weight excluding hydrogens is 1190 g/mol. The number of hydrogen-bond acceptors (Lipinski definition) is 15. The van der Waals surface area contributed by atoms with Gasteiger partial charge >= 0.3 is 5.97 Å². The van der Waals surface area contributed by atoms with Crippen molar-refractivity contribution in [1.82, 2.24) is 25.7 Å². The molecule has 2 atom stereocenters. The number of halogens is 1. The molecule has 1 radical (unpaired) electrons. The first-order chi connectivity index (χ1) is 36.9. The normalized spacial score (nSPS) is 18.9. The number of ether oxygens (including phenoxy) is 1. The molecule has 3 aromatic carbocycles. The number of hydrogen-bond donors (Lipinski definition) is 3. The molecule has 8 rings (SSSR count). The first kappa shape index (κ1) is 54.4. The molecule has 18 nitrogen and oxygen atoms in total. The molecule has 2 saturated heterocycles. The van der Waals surface area contributed by atoms with Gasteiger partial charge < -0.3 is 34.9 Å². The van der Waals surface area contributed by atoms with Crippen LogP contribution in [0.2, 0.25) is 0 Å². The SMILES string of the molecule is [2H]C1([2H])[C@H](C(=O)Nc2ccc(CNC(=O)c3ccc(N4CCN(C(=O)CCSSC(C)(C)CC(=O)N/N=C5\CCCN(C)c6cc(OCCCC(=O)ON7C(=O)CCC7=O)ccc65)CC4)cc3)c(F)c2)[C@H]1c1cccnc1.[Ir]. The predicted molar refractivity (Wildman–Crippen MR) is 285 cm³/mol. The largest absolute Gasteiger partial charge is 0.494 e. The maximum absolute atomic E-state index is 15.1. The number of nitrogens with one attached hydrogen (secondary N) is 3. The quantitative estimate of drug-likeness (QED) is 0.0332. The summed E-state index contributed by atoms with van der Waals surface area (Å²) in [6, 6.07) is 20.3. The number of pyridine rings is 1. The van der Waals surface area contributed by atoms with Crippen LogP contribution in [0.1, 0.15) is 107 Å². The fourth-order valence-electron chi connectivity index (χ4n) is 8.82. The Morgan fingerprint density at radius 3 is 2.42 bits per heavy atom. The van der Waals surface area contributed by atoms with Crippen molar-refractivity contribution in [3.8, 4) is 5.75 Å². The van der Waals surface area contributed by atoms with E-state index in [0.717, 1.165) is 41.7 Å². The van der Waals surface area contributed by atoms with Crippen LogP contribution in [0.25, 0.3) is 0 Å². The van der Waals surface area contributed by atoms with Gasteiger partial charge in [-0.15, -0.1) is 5.06 Å². The molecule has 0 bridgehead atoms. The topological polar surface area (TPSA) is 212 Å². The zero-order valence-corrected chi connectivity index (χ0v) is 46.5. The van der Waals surface area contributed by atoms with Crippen molar-refractivity contribution in [1.29, 1.82) is 0 Å². The maximum atomic E-state index is 15.1. The summed E-state index contributed by atoms with van der Waals surface area (Å²) in [5, 5.41) is 10.5. The van der Waals surface area contributed by atoms with Crippen molar-refractivity contribution in [2.45, 2.75) is 88.8 Å². The van der Waals surface area contributed by atoms with Crippen molar-refractivity contribution < 1.29 is 70.4 Å². The molecule has 1 saturated carbocycles. The van der Waals surface area contributed by atoms with Gasteiger partial charge in [0.15, 0.2) is 0 Å². The van der Waals surface area contributed by atoms with Gasteiger partial charge in [0.05, 0.1) is 18.7 Å². The Balaban J connectivity index is 0.00000882. The van der Waals surface area contributed by atoms with Gasteiger partial charge in [0.2, 0.25) is 17.7 Å². The van der Waals surface area contributed by atoms with Gasteiger partial charge in [-0.1, -0.05) is 33.7 Å². The summed E-state index contributed by atoms with van der Waals surface area (Å²) < 4.78 is 37.1. The van der Waals surface area contributed by atoms with E-state index >= 15 is 4.39 Å². The summed E-state index contributed by atoms with van der Waals surface area (Å²) in [7, 11) is 5.09. The molecule has 3 fully saturated rings. The molecular formula is C54H62FIrN9O9S2. The third-order valence-corrected chi connectivity index (χ3v) is 16.3. The molecule has 405 valence electrons. The molecule has 4 aliphatic rings. The number of piperazine rings is 1. The van der Waals surface area contributed by atoms with Crippen LogP contribution in [0.15, 0.2) is 90.3 Å². The van der Waals surface area contributed by atoms with Gasteiger partial charge in [-0.05, 0) is 106 Å². The Morgan fingerprint density at radius 1 is 0.934 bits per heavy atom. The van der Waals surface area contributed by atoms with Gasteiger partial charge in [-0.25, -0.2) is 14.6 Å². The van der Waals surface area contributed by atoms with E-state index in [-0.39, 0.29) is 87.9 Å². The standard InChI is InChI=1S/C54H62FN9O9S2.Ir/c1-54(2,32-47(65)60-59-45-8-5-22-61(3)46-30-40(16-17-41(45)46)72-27-6-9-51(69)73-64-49(67)18-19-50(64)68)75-74-28-20-48(66)63-25-23-62(24-26-63)39-14-11-35(12-15-39)52(70)57-34-37-10-13-38(29-44(37)55)58-53(71)43-31-42(43)36-7-4-21-56-33-36;/h4,7,10-17,21,29-30,33,42-43H,5-6,8-9,18-20,22-28,31-32,34H2,1-3H3,(H,57,70)(H,58,71)(H,60,65);/b59-45+;/t42-,43+;/m1./s1/i31D2;. The number of fused-ring (bicyclic) bond motifs is 1. The Kier molecular flexibility index (Phi) is 19.1. The molecule has 76 heavy (non-hydrogen) atoms. The van der Waals surface area contributed by atoms with E-state index < -0.39 is 52.5 Å². The van der Waals surface area contributed by atoms with Crippen molar-refractivity contribution in [2.75, 3.05) is 67.2 Å². The Labute approximate surface area is 465 Å². The van der Waals surface area contributed by atoms with Crippen LogP contribution >= 0.6 is 21.6 Å². The smallest absolute Gasteiger partial charge is 0.333 e. The van der Waals surface area contributed by atoms with Crippen LogP contribution in [-0.2, 0) is 60.3 Å². The van der Waals surface area contributed by atoms with Crippen molar-refractivity contribution in [2.24, 2.45) is 11.0 Å². The first-order valence-corrected chi connectivity index (χ1v) is 27.3. The molecule has 6 amide bonds. The molecule has 0 spiro atoms. The summed E-state index contributed by atoms with van der Waals surface area (Å²) in [5.74, 6) is -3.85. The number of amides is 6. The van der Waals surface area contributed by atoms with Crippen molar-refractivity contribution in [3.05, 3.63) is 113 Å². The van der Waals surface area contributed by atoms with Crippen LogP contribution in [-0.4, -0.2) is 119 Å². The van der Waals surface area contributed by atoms with Crippen LogP contribution in [0.4, 0.5) is 21.5 Å². The van der Waals surface area contributed by atoms with Gasteiger partial charge in [-0.2, -0.15) is 5.10 Å². The van der Waals surface area contributed by atoms with Crippen LogP contribution in [0.5, 0.6) is 5.75 Å². The monoisotopic (exact) mass is 1260 g/mol. The van der Waals surface area contributed by atoms with Crippen LogP contribution in [0, 0.1) is 11.7 Å². The van der Waals surface area contributed by atoms with E-state index in [2.05, 4.69) is 35.9 Å². The van der Waals surface area contributed by atoms with E-state index in [9.17, 15) is 33.6 Å². The maximum Gasteiger partial charge on any atom is 0.333 e. The first-order valence-electron chi connectivity index (χ1n) is 26.0. The Morgan fingerprint density at radius 2 is 1.70 bits per heavy atom. The predicted octanol–water partition coefficient (Wildman–Crippen LogP) is 7.00. The summed E-state index contributed by atoms with van der Waals surface area (Å²) in [6.07, 6.45) is 3.77. The van der Waals surface area contributed by atoms with E-state index in [1.165, 1.54) is 18.3 Å². The fourth-order valence-corrected chi connectivity index (χ4v) is 11.3. The summed E-state index contributed by atoms with van der Waals surface area (Å²) >= 11 is 0. The Bertz CT molecular complexity index is 2890. The van der Waals surface area contributed by atoms with E-state index in [4.69, 9.17) is 12.3 Å². The third kappa shape index (κ3) is 15.6. The number of benzene rings is 3. The summed E-state index contributed by atoms with van der Waals surface area (Å²) in [5.41, 5.74) is 7.61. The molecule has 3 aliphatic heterocycles. The summed E-state index contributed by atoms with van der Waals surface area (Å²) in [6.45, 7) is 7.20. The van der Waals surface area contributed by atoms with E-state index in [1.54, 1.807) is 52.1 Å². The molecule has 4 heterocycles. The number of aromatic nitrogens is 1. The second-order valence-electron chi connectivity index (χ2n) is 19.2. The number of hydrazone groups is 1. The van der Waals surface area contributed by atoms with Crippen LogP contribution < -0.4 is 30.6 Å². The van der Waals surface area contributed by atoms with E-state index in [0.29, 0.717) is 73.1 Å². The van der Waals surface area contributed by atoms with Gasteiger partial charge in [0, 0.05) is 163 Å². The Hall–Kier alpha value is -6.35. The number of anilines is 3. The number of carbonyl (C=O) groups is 7. The van der Waals surface area contributed by atoms with Gasteiger partial charge in [0.25, 0.3) is 17.7 Å². The molecule has 4 aromatic rings.